The standard InChI is InChI=1S/C10H12ClNO2/c1-6-3-4-8(5-9(6)13)12-10(14)7(2)11/h3-5,7,13H,1-2H3,(H,12,14). The van der Waals surface area contributed by atoms with Crippen LogP contribution in [0.4, 0.5) is 5.69 Å². The van der Waals surface area contributed by atoms with Crippen LogP contribution in [0.1, 0.15) is 12.5 Å². The third-order valence-electron chi connectivity index (χ3n) is 1.84. The van der Waals surface area contributed by atoms with Gasteiger partial charge in [-0.05, 0) is 25.5 Å². The number of hydrogen-bond donors (Lipinski definition) is 2. The highest BCUT2D eigenvalue weighted by Crippen LogP contribution is 2.20. The molecule has 3 nitrogen and oxygen atoms in total. The molecule has 1 atom stereocenters. The first-order valence-electron chi connectivity index (χ1n) is 4.25. The lowest BCUT2D eigenvalue weighted by Gasteiger charge is -2.07. The van der Waals surface area contributed by atoms with Crippen molar-refractivity contribution >= 4 is 23.2 Å². The first kappa shape index (κ1) is 10.9. The van der Waals surface area contributed by atoms with Crippen molar-refractivity contribution in [2.45, 2.75) is 19.2 Å². The average Bonchev–Trinajstić information content (AvgIpc) is 2.11. The van der Waals surface area contributed by atoms with E-state index in [0.717, 1.165) is 5.56 Å². The van der Waals surface area contributed by atoms with Crippen LogP contribution >= 0.6 is 11.6 Å². The van der Waals surface area contributed by atoms with Gasteiger partial charge >= 0.3 is 0 Å². The fraction of sp³-hybridized carbons (Fsp3) is 0.300. The molecule has 76 valence electrons. The van der Waals surface area contributed by atoms with Gasteiger partial charge in [-0.25, -0.2) is 0 Å². The molecule has 0 aromatic heterocycles. The SMILES string of the molecule is Cc1ccc(NC(=O)C(C)Cl)cc1O. The number of carbonyl (C=O) groups is 1. The van der Waals surface area contributed by atoms with E-state index in [0.29, 0.717) is 5.69 Å². The summed E-state index contributed by atoms with van der Waals surface area (Å²) in [7, 11) is 0. The molecule has 1 unspecified atom stereocenters. The fourth-order valence-corrected chi connectivity index (χ4v) is 0.983. The summed E-state index contributed by atoms with van der Waals surface area (Å²) in [6, 6.07) is 4.93. The summed E-state index contributed by atoms with van der Waals surface area (Å²) in [6.45, 7) is 3.37. The van der Waals surface area contributed by atoms with E-state index in [1.165, 1.54) is 6.07 Å². The van der Waals surface area contributed by atoms with E-state index < -0.39 is 5.38 Å². The van der Waals surface area contributed by atoms with Gasteiger partial charge in [0.2, 0.25) is 5.91 Å². The monoisotopic (exact) mass is 213 g/mol. The number of phenolic OH excluding ortho intramolecular Hbond substituents is 1. The van der Waals surface area contributed by atoms with Crippen LogP contribution in [-0.2, 0) is 4.79 Å². The first-order chi connectivity index (χ1) is 6.50. The molecule has 0 radical (unpaired) electrons. The number of nitrogens with one attached hydrogen (secondary N) is 1. The van der Waals surface area contributed by atoms with Gasteiger partial charge < -0.3 is 10.4 Å². The van der Waals surface area contributed by atoms with Crippen LogP contribution < -0.4 is 5.32 Å². The summed E-state index contributed by atoms with van der Waals surface area (Å²) < 4.78 is 0. The third kappa shape index (κ3) is 2.64. The zero-order chi connectivity index (χ0) is 10.7. The summed E-state index contributed by atoms with van der Waals surface area (Å²) in [6.07, 6.45) is 0. The van der Waals surface area contributed by atoms with Crippen molar-refractivity contribution in [3.8, 4) is 5.75 Å². The Bertz CT molecular complexity index is 350. The zero-order valence-electron chi connectivity index (χ0n) is 8.04. The summed E-state index contributed by atoms with van der Waals surface area (Å²) in [5.41, 5.74) is 1.31. The lowest BCUT2D eigenvalue weighted by Crippen LogP contribution is -2.20. The highest BCUT2D eigenvalue weighted by molar-refractivity contribution is 6.32. The highest BCUT2D eigenvalue weighted by Gasteiger charge is 2.09. The van der Waals surface area contributed by atoms with E-state index in [1.54, 1.807) is 26.0 Å². The zero-order valence-corrected chi connectivity index (χ0v) is 8.80. The minimum atomic E-state index is -0.585. The highest BCUT2D eigenvalue weighted by atomic mass is 35.5. The number of amides is 1. The van der Waals surface area contributed by atoms with E-state index >= 15 is 0 Å². The minimum Gasteiger partial charge on any atom is -0.508 e. The van der Waals surface area contributed by atoms with Gasteiger partial charge in [-0.2, -0.15) is 0 Å². The molecular weight excluding hydrogens is 202 g/mol. The molecule has 0 aliphatic rings. The molecule has 0 bridgehead atoms. The van der Waals surface area contributed by atoms with Crippen LogP contribution in [0, 0.1) is 6.92 Å². The van der Waals surface area contributed by atoms with Gasteiger partial charge in [-0.15, -0.1) is 11.6 Å². The van der Waals surface area contributed by atoms with Crippen LogP contribution in [0.5, 0.6) is 5.75 Å². The molecule has 0 fully saturated rings. The predicted octanol–water partition coefficient (Wildman–Crippen LogP) is 2.27. The smallest absolute Gasteiger partial charge is 0.242 e. The van der Waals surface area contributed by atoms with Crippen molar-refractivity contribution in [2.24, 2.45) is 0 Å². The van der Waals surface area contributed by atoms with Gasteiger partial charge in [0.25, 0.3) is 0 Å². The van der Waals surface area contributed by atoms with Gasteiger partial charge in [0.15, 0.2) is 0 Å². The van der Waals surface area contributed by atoms with Crippen molar-refractivity contribution < 1.29 is 9.90 Å². The van der Waals surface area contributed by atoms with Crippen molar-refractivity contribution in [1.29, 1.82) is 0 Å². The van der Waals surface area contributed by atoms with Gasteiger partial charge in [0, 0.05) is 11.8 Å². The number of aryl methyl sites for hydroxylation is 1. The Kier molecular flexibility index (Phi) is 3.36. The maximum atomic E-state index is 11.2. The van der Waals surface area contributed by atoms with Gasteiger partial charge in [0.1, 0.15) is 11.1 Å². The molecule has 0 aliphatic carbocycles. The normalized spacial score (nSPS) is 12.2. The molecule has 1 aromatic rings. The molecule has 4 heteroatoms. The number of carbonyl (C=O) groups excluding carboxylic acids is 1. The second-order valence-electron chi connectivity index (χ2n) is 3.11. The summed E-state index contributed by atoms with van der Waals surface area (Å²) >= 11 is 5.57. The Balaban J connectivity index is 2.78. The largest absolute Gasteiger partial charge is 0.508 e. The Morgan fingerprint density at radius 3 is 2.71 bits per heavy atom. The molecule has 1 rings (SSSR count). The van der Waals surface area contributed by atoms with Gasteiger partial charge in [-0.1, -0.05) is 6.07 Å². The fourth-order valence-electron chi connectivity index (χ4n) is 0.929. The molecule has 0 aliphatic heterocycles. The van der Waals surface area contributed by atoms with E-state index in [-0.39, 0.29) is 11.7 Å². The van der Waals surface area contributed by atoms with Crippen molar-refractivity contribution in [2.75, 3.05) is 5.32 Å². The number of alkyl halides is 1. The average molecular weight is 214 g/mol. The number of benzene rings is 1. The quantitative estimate of drug-likeness (QED) is 0.741. The number of anilines is 1. The molecule has 0 heterocycles. The van der Waals surface area contributed by atoms with Crippen LogP contribution in [0.2, 0.25) is 0 Å². The number of hydrogen-bond acceptors (Lipinski definition) is 2. The first-order valence-corrected chi connectivity index (χ1v) is 4.69. The number of aromatic hydroxyl groups is 1. The van der Waals surface area contributed by atoms with E-state index in [2.05, 4.69) is 5.32 Å². The number of rotatable bonds is 2. The molecule has 1 amide bonds. The van der Waals surface area contributed by atoms with Crippen LogP contribution in [0.25, 0.3) is 0 Å². The number of halogens is 1. The van der Waals surface area contributed by atoms with Crippen molar-refractivity contribution in [3.63, 3.8) is 0 Å². The third-order valence-corrected chi connectivity index (χ3v) is 2.04. The van der Waals surface area contributed by atoms with E-state index in [1.807, 2.05) is 0 Å². The Morgan fingerprint density at radius 2 is 2.21 bits per heavy atom. The van der Waals surface area contributed by atoms with Gasteiger partial charge in [0.05, 0.1) is 0 Å². The number of phenols is 1. The summed E-state index contributed by atoms with van der Waals surface area (Å²) in [5, 5.41) is 11.4. The maximum Gasteiger partial charge on any atom is 0.242 e. The minimum absolute atomic E-state index is 0.157. The maximum absolute atomic E-state index is 11.2. The molecule has 2 N–H and O–H groups in total. The second-order valence-corrected chi connectivity index (χ2v) is 3.76. The molecule has 0 saturated carbocycles. The topological polar surface area (TPSA) is 49.3 Å². The summed E-state index contributed by atoms with van der Waals surface area (Å²) in [4.78, 5) is 11.2. The molecule has 0 spiro atoms. The Labute approximate surface area is 87.7 Å². The van der Waals surface area contributed by atoms with E-state index in [4.69, 9.17) is 11.6 Å². The van der Waals surface area contributed by atoms with Crippen LogP contribution in [-0.4, -0.2) is 16.4 Å². The predicted molar refractivity (Wildman–Crippen MR) is 56.8 cm³/mol. The van der Waals surface area contributed by atoms with Gasteiger partial charge in [-0.3, -0.25) is 4.79 Å². The van der Waals surface area contributed by atoms with Crippen molar-refractivity contribution in [1.82, 2.24) is 0 Å². The summed E-state index contributed by atoms with van der Waals surface area (Å²) in [5.74, 6) is -0.125. The molecule has 0 saturated heterocycles. The molecule has 1 aromatic carbocycles. The molecular formula is C10H12ClNO2. The lowest BCUT2D eigenvalue weighted by molar-refractivity contribution is -0.115. The van der Waals surface area contributed by atoms with Crippen LogP contribution in [0.15, 0.2) is 18.2 Å². The Hall–Kier alpha value is -1.22. The molecule has 14 heavy (non-hydrogen) atoms. The lowest BCUT2D eigenvalue weighted by atomic mass is 10.2. The second kappa shape index (κ2) is 4.33. The van der Waals surface area contributed by atoms with Crippen molar-refractivity contribution in [3.05, 3.63) is 23.8 Å². The Morgan fingerprint density at radius 1 is 1.57 bits per heavy atom. The van der Waals surface area contributed by atoms with E-state index in [9.17, 15) is 9.90 Å². The van der Waals surface area contributed by atoms with Crippen LogP contribution in [0.3, 0.4) is 0 Å².